The van der Waals surface area contributed by atoms with Crippen LogP contribution in [0.4, 0.5) is 4.79 Å². The van der Waals surface area contributed by atoms with Gasteiger partial charge < -0.3 is 24.3 Å². The fourth-order valence-corrected chi connectivity index (χ4v) is 2.79. The number of esters is 1. The highest BCUT2D eigenvalue weighted by molar-refractivity contribution is 5.88. The van der Waals surface area contributed by atoms with Gasteiger partial charge in [0.05, 0.1) is 0 Å². The van der Waals surface area contributed by atoms with Crippen molar-refractivity contribution in [3.05, 3.63) is 58.8 Å². The molecule has 0 saturated carbocycles. The van der Waals surface area contributed by atoms with Gasteiger partial charge in [-0.25, -0.2) is 9.59 Å². The summed E-state index contributed by atoms with van der Waals surface area (Å²) in [4.78, 5) is 36.7. The molecule has 0 spiro atoms. The predicted octanol–water partition coefficient (Wildman–Crippen LogP) is 3.98. The molecule has 0 aliphatic heterocycles. The summed E-state index contributed by atoms with van der Waals surface area (Å²) in [5.74, 6) is -0.908. The van der Waals surface area contributed by atoms with Crippen molar-refractivity contribution in [2.45, 2.75) is 39.3 Å². The smallest absolute Gasteiger partial charge is 0.408 e. The maximum atomic E-state index is 12.5. The number of carbonyl (C=O) groups is 2. The number of nitrogens with one attached hydrogen (secondary N) is 1. The minimum atomic E-state index is -1.02. The van der Waals surface area contributed by atoms with Crippen molar-refractivity contribution < 1.29 is 28.6 Å². The van der Waals surface area contributed by atoms with E-state index in [1.807, 2.05) is 6.07 Å². The highest BCUT2D eigenvalue weighted by atomic mass is 16.6. The summed E-state index contributed by atoms with van der Waals surface area (Å²) in [6.07, 6.45) is -0.767. The fourth-order valence-electron chi connectivity index (χ4n) is 2.79. The van der Waals surface area contributed by atoms with Crippen LogP contribution in [0.3, 0.4) is 0 Å². The molecule has 1 aromatic heterocycles. The SMILES string of the molecule is C[C@@H](NC(=O)OC(C)(C)C)C(=O)Oc1cc(O)c2c(=O)cc(-c3ccccc3)oc2c1. The van der Waals surface area contributed by atoms with Gasteiger partial charge in [-0.3, -0.25) is 4.79 Å². The summed E-state index contributed by atoms with van der Waals surface area (Å²) in [5.41, 5.74) is -0.415. The predicted molar refractivity (Wildman–Crippen MR) is 114 cm³/mol. The first kappa shape index (κ1) is 21.9. The number of alkyl carbamates (subject to hydrolysis) is 1. The lowest BCUT2D eigenvalue weighted by Gasteiger charge is -2.21. The van der Waals surface area contributed by atoms with E-state index in [1.165, 1.54) is 19.1 Å². The molecule has 0 fully saturated rings. The highest BCUT2D eigenvalue weighted by Crippen LogP contribution is 2.31. The largest absolute Gasteiger partial charge is 0.507 e. The Bertz CT molecular complexity index is 1180. The summed E-state index contributed by atoms with van der Waals surface area (Å²) in [6.45, 7) is 6.53. The average Bonchev–Trinajstić information content (AvgIpc) is 2.66. The van der Waals surface area contributed by atoms with Gasteiger partial charge in [0.25, 0.3) is 0 Å². The van der Waals surface area contributed by atoms with Gasteiger partial charge in [-0.15, -0.1) is 0 Å². The molecule has 31 heavy (non-hydrogen) atoms. The molecule has 0 bridgehead atoms. The summed E-state index contributed by atoms with van der Waals surface area (Å²) in [7, 11) is 0. The number of ether oxygens (including phenoxy) is 2. The molecule has 0 saturated heterocycles. The molecule has 1 amide bonds. The number of carbonyl (C=O) groups excluding carboxylic acids is 2. The van der Waals surface area contributed by atoms with E-state index in [0.29, 0.717) is 11.3 Å². The van der Waals surface area contributed by atoms with Gasteiger partial charge in [0, 0.05) is 23.8 Å². The van der Waals surface area contributed by atoms with E-state index in [1.54, 1.807) is 45.0 Å². The van der Waals surface area contributed by atoms with Crippen LogP contribution in [0.1, 0.15) is 27.7 Å². The summed E-state index contributed by atoms with van der Waals surface area (Å²) in [5, 5.41) is 12.6. The van der Waals surface area contributed by atoms with Crippen molar-refractivity contribution in [2.24, 2.45) is 0 Å². The lowest BCUT2D eigenvalue weighted by Crippen LogP contribution is -2.43. The van der Waals surface area contributed by atoms with Crippen molar-refractivity contribution in [1.82, 2.24) is 5.32 Å². The third-order valence-electron chi connectivity index (χ3n) is 4.15. The van der Waals surface area contributed by atoms with Gasteiger partial charge in [0.1, 0.15) is 39.9 Å². The molecular formula is C23H23NO7. The molecule has 162 valence electrons. The molecule has 1 atom stereocenters. The van der Waals surface area contributed by atoms with Crippen molar-refractivity contribution in [3.63, 3.8) is 0 Å². The molecule has 8 heteroatoms. The standard InChI is InChI=1S/C23H23NO7/c1-13(24-22(28)31-23(2,3)4)21(27)29-15-10-16(25)20-17(26)12-18(30-19(20)11-15)14-8-6-5-7-9-14/h5-13,25H,1-4H3,(H,24,28)/t13-/m1/s1. The van der Waals surface area contributed by atoms with E-state index in [9.17, 15) is 19.5 Å². The van der Waals surface area contributed by atoms with Crippen molar-refractivity contribution in [2.75, 3.05) is 0 Å². The van der Waals surface area contributed by atoms with Crippen LogP contribution in [0.2, 0.25) is 0 Å². The van der Waals surface area contributed by atoms with Gasteiger partial charge in [-0.1, -0.05) is 30.3 Å². The van der Waals surface area contributed by atoms with Gasteiger partial charge in [-0.05, 0) is 27.7 Å². The molecule has 0 aliphatic carbocycles. The van der Waals surface area contributed by atoms with Crippen LogP contribution < -0.4 is 15.5 Å². The zero-order chi connectivity index (χ0) is 22.8. The second-order valence-corrected chi connectivity index (χ2v) is 7.95. The minimum absolute atomic E-state index is 0.0283. The number of amides is 1. The second kappa shape index (κ2) is 8.51. The number of hydrogen-bond acceptors (Lipinski definition) is 7. The Morgan fingerprint density at radius 1 is 1.10 bits per heavy atom. The van der Waals surface area contributed by atoms with Crippen LogP contribution in [0, 0.1) is 0 Å². The van der Waals surface area contributed by atoms with Crippen LogP contribution in [-0.4, -0.2) is 28.8 Å². The zero-order valence-corrected chi connectivity index (χ0v) is 17.6. The normalized spacial score (nSPS) is 12.3. The van der Waals surface area contributed by atoms with E-state index in [0.717, 1.165) is 6.07 Å². The molecule has 3 aromatic rings. The molecule has 2 aromatic carbocycles. The van der Waals surface area contributed by atoms with Crippen LogP contribution in [0.5, 0.6) is 11.5 Å². The van der Waals surface area contributed by atoms with Gasteiger partial charge in [-0.2, -0.15) is 0 Å². The third kappa shape index (κ3) is 5.42. The number of fused-ring (bicyclic) bond motifs is 1. The van der Waals surface area contributed by atoms with Crippen molar-refractivity contribution in [1.29, 1.82) is 0 Å². The Labute approximate surface area is 178 Å². The van der Waals surface area contributed by atoms with Gasteiger partial charge in [0.15, 0.2) is 5.43 Å². The Hall–Kier alpha value is -3.81. The maximum Gasteiger partial charge on any atom is 0.408 e. The van der Waals surface area contributed by atoms with Crippen LogP contribution in [0.25, 0.3) is 22.3 Å². The summed E-state index contributed by atoms with van der Waals surface area (Å²) < 4.78 is 16.1. The molecule has 0 radical (unpaired) electrons. The fraction of sp³-hybridized carbons (Fsp3) is 0.261. The van der Waals surface area contributed by atoms with Crippen molar-refractivity contribution in [3.8, 4) is 22.8 Å². The summed E-state index contributed by atoms with van der Waals surface area (Å²) in [6, 6.07) is 11.7. The topological polar surface area (TPSA) is 115 Å². The molecule has 2 N–H and O–H groups in total. The number of phenols is 1. The van der Waals surface area contributed by atoms with E-state index in [4.69, 9.17) is 13.9 Å². The Kier molecular flexibility index (Phi) is 6.01. The minimum Gasteiger partial charge on any atom is -0.507 e. The number of rotatable bonds is 4. The number of aromatic hydroxyl groups is 1. The van der Waals surface area contributed by atoms with Crippen LogP contribution in [0.15, 0.2) is 57.7 Å². The van der Waals surface area contributed by atoms with E-state index >= 15 is 0 Å². The number of benzene rings is 2. The first-order chi connectivity index (χ1) is 14.5. The Morgan fingerprint density at radius 2 is 1.77 bits per heavy atom. The molecule has 8 nitrogen and oxygen atoms in total. The number of phenolic OH excluding ortho intramolecular Hbond substituents is 1. The molecule has 1 heterocycles. The molecular weight excluding hydrogens is 402 g/mol. The lowest BCUT2D eigenvalue weighted by atomic mass is 10.1. The third-order valence-corrected chi connectivity index (χ3v) is 4.15. The van der Waals surface area contributed by atoms with Gasteiger partial charge in [0.2, 0.25) is 0 Å². The van der Waals surface area contributed by atoms with Crippen molar-refractivity contribution >= 4 is 23.0 Å². The zero-order valence-electron chi connectivity index (χ0n) is 17.6. The lowest BCUT2D eigenvalue weighted by molar-refractivity contribution is -0.136. The van der Waals surface area contributed by atoms with Crippen LogP contribution >= 0.6 is 0 Å². The molecule has 3 rings (SSSR count). The number of hydrogen-bond donors (Lipinski definition) is 2. The molecule has 0 unspecified atom stereocenters. The van der Waals surface area contributed by atoms with E-state index in [-0.39, 0.29) is 22.5 Å². The Balaban J connectivity index is 1.85. The maximum absolute atomic E-state index is 12.5. The van der Waals surface area contributed by atoms with E-state index in [2.05, 4.69) is 5.32 Å². The average molecular weight is 425 g/mol. The first-order valence-electron chi connectivity index (χ1n) is 9.61. The second-order valence-electron chi connectivity index (χ2n) is 7.95. The monoisotopic (exact) mass is 425 g/mol. The Morgan fingerprint density at radius 3 is 2.42 bits per heavy atom. The van der Waals surface area contributed by atoms with Gasteiger partial charge >= 0.3 is 12.1 Å². The van der Waals surface area contributed by atoms with Crippen LogP contribution in [-0.2, 0) is 9.53 Å². The molecule has 0 aliphatic rings. The summed E-state index contributed by atoms with van der Waals surface area (Å²) >= 11 is 0. The quantitative estimate of drug-likeness (QED) is 0.480. The van der Waals surface area contributed by atoms with E-state index < -0.39 is 29.1 Å². The first-order valence-corrected chi connectivity index (χ1v) is 9.61. The highest BCUT2D eigenvalue weighted by Gasteiger charge is 2.23.